The van der Waals surface area contributed by atoms with Gasteiger partial charge in [0.15, 0.2) is 0 Å². The number of allylic oxidation sites excluding steroid dienone is 2. The monoisotopic (exact) mass is 346 g/mol. The first kappa shape index (κ1) is 18.7. The van der Waals surface area contributed by atoms with Gasteiger partial charge in [0.05, 0.1) is 16.9 Å². The fourth-order valence-electron chi connectivity index (χ4n) is 2.97. The first-order valence-corrected chi connectivity index (χ1v) is 10.1. The van der Waals surface area contributed by atoms with Gasteiger partial charge in [-0.15, -0.1) is 0 Å². The Morgan fingerprint density at radius 3 is 2.42 bits per heavy atom. The molecule has 0 spiro atoms. The van der Waals surface area contributed by atoms with Gasteiger partial charge in [0, 0.05) is 6.54 Å². The molecule has 2 rings (SSSR count). The van der Waals surface area contributed by atoms with E-state index in [0.29, 0.717) is 23.9 Å². The molecule has 0 amide bonds. The Morgan fingerprint density at radius 2 is 1.92 bits per heavy atom. The molecule has 5 heteroatoms. The number of nitriles is 1. The lowest BCUT2D eigenvalue weighted by Gasteiger charge is -2.28. The van der Waals surface area contributed by atoms with E-state index in [1.165, 1.54) is 11.1 Å². The molecule has 1 aromatic rings. The van der Waals surface area contributed by atoms with E-state index in [4.69, 9.17) is 5.26 Å². The maximum absolute atomic E-state index is 11.9. The van der Waals surface area contributed by atoms with Gasteiger partial charge in [-0.25, -0.2) is 13.1 Å². The summed E-state index contributed by atoms with van der Waals surface area (Å²) in [6, 6.07) is 9.85. The summed E-state index contributed by atoms with van der Waals surface area (Å²) < 4.78 is 26.5. The minimum atomic E-state index is -3.18. The molecule has 0 aromatic heterocycles. The molecule has 1 aromatic carbocycles. The second kappa shape index (κ2) is 7.96. The fraction of sp³-hybridized carbons (Fsp3) is 0.526. The van der Waals surface area contributed by atoms with Gasteiger partial charge in [0.25, 0.3) is 0 Å². The maximum atomic E-state index is 11.9. The van der Waals surface area contributed by atoms with Crippen LogP contribution in [0, 0.1) is 23.2 Å². The van der Waals surface area contributed by atoms with Crippen molar-refractivity contribution in [3.8, 4) is 6.07 Å². The van der Waals surface area contributed by atoms with Crippen molar-refractivity contribution in [3.05, 3.63) is 41.5 Å². The van der Waals surface area contributed by atoms with Gasteiger partial charge < -0.3 is 0 Å². The number of sulfonamides is 1. The number of benzene rings is 1. The largest absolute Gasteiger partial charge is 0.215 e. The van der Waals surface area contributed by atoms with Crippen LogP contribution >= 0.6 is 0 Å². The van der Waals surface area contributed by atoms with Crippen molar-refractivity contribution in [2.45, 2.75) is 45.3 Å². The van der Waals surface area contributed by atoms with Crippen molar-refractivity contribution in [2.75, 3.05) is 6.54 Å². The third-order valence-electron chi connectivity index (χ3n) is 4.87. The summed E-state index contributed by atoms with van der Waals surface area (Å²) in [7, 11) is -3.18. The van der Waals surface area contributed by atoms with Gasteiger partial charge in [0.2, 0.25) is 10.0 Å². The predicted octanol–water partition coefficient (Wildman–Crippen LogP) is 3.71. The quantitative estimate of drug-likeness (QED) is 0.853. The normalized spacial score (nSPS) is 19.6. The first-order chi connectivity index (χ1) is 11.3. The van der Waals surface area contributed by atoms with Crippen LogP contribution in [0.2, 0.25) is 0 Å². The summed E-state index contributed by atoms with van der Waals surface area (Å²) in [5.41, 5.74) is 3.19. The highest BCUT2D eigenvalue weighted by Crippen LogP contribution is 2.33. The van der Waals surface area contributed by atoms with Crippen LogP contribution in [0.5, 0.6) is 0 Å². The predicted molar refractivity (Wildman–Crippen MR) is 97.7 cm³/mol. The van der Waals surface area contributed by atoms with Gasteiger partial charge in [-0.1, -0.05) is 25.1 Å². The van der Waals surface area contributed by atoms with E-state index in [0.717, 1.165) is 19.3 Å². The lowest BCUT2D eigenvalue weighted by Crippen LogP contribution is -2.36. The first-order valence-electron chi connectivity index (χ1n) is 8.51. The van der Waals surface area contributed by atoms with Gasteiger partial charge in [-0.3, -0.25) is 0 Å². The molecule has 4 nitrogen and oxygen atoms in total. The smallest absolute Gasteiger partial charge is 0.213 e. The lowest BCUT2D eigenvalue weighted by atomic mass is 9.80. The van der Waals surface area contributed by atoms with E-state index in [-0.39, 0.29) is 5.25 Å². The van der Waals surface area contributed by atoms with Crippen molar-refractivity contribution >= 4 is 15.6 Å². The minimum Gasteiger partial charge on any atom is -0.215 e. The minimum absolute atomic E-state index is 0.317. The van der Waals surface area contributed by atoms with Crippen LogP contribution < -0.4 is 4.72 Å². The highest BCUT2D eigenvalue weighted by Gasteiger charge is 2.23. The molecule has 24 heavy (non-hydrogen) atoms. The number of nitrogens with one attached hydrogen (secondary N) is 1. The van der Waals surface area contributed by atoms with E-state index in [9.17, 15) is 8.42 Å². The SMILES string of the molecule is CC(CNS(=O)(=O)C(C)C)C1CC=C(c2ccc(C#N)cc2)CC1. The van der Waals surface area contributed by atoms with Crippen molar-refractivity contribution < 1.29 is 8.42 Å². The molecular weight excluding hydrogens is 320 g/mol. The number of rotatable bonds is 6. The zero-order valence-electron chi connectivity index (χ0n) is 14.6. The van der Waals surface area contributed by atoms with Crippen molar-refractivity contribution in [1.29, 1.82) is 5.26 Å². The summed E-state index contributed by atoms with van der Waals surface area (Å²) in [5.74, 6) is 0.819. The Kier molecular flexibility index (Phi) is 6.20. The summed E-state index contributed by atoms with van der Waals surface area (Å²) in [4.78, 5) is 0. The second-order valence-electron chi connectivity index (χ2n) is 6.87. The molecule has 1 N–H and O–H groups in total. The summed E-state index contributed by atoms with van der Waals surface area (Å²) in [5, 5.41) is 8.47. The van der Waals surface area contributed by atoms with Gasteiger partial charge in [-0.2, -0.15) is 5.26 Å². The highest BCUT2D eigenvalue weighted by molar-refractivity contribution is 7.90. The van der Waals surface area contributed by atoms with E-state index in [1.54, 1.807) is 13.8 Å². The fourth-order valence-corrected chi connectivity index (χ4v) is 3.80. The Bertz CT molecular complexity index is 728. The standard InChI is InChI=1S/C19H26N2O2S/c1-14(2)24(22,23)21-13-15(3)17-8-10-19(11-9-17)18-6-4-16(12-20)5-7-18/h4-7,10,14-15,17,21H,8-9,11,13H2,1-3H3. The van der Waals surface area contributed by atoms with E-state index >= 15 is 0 Å². The molecule has 2 atom stereocenters. The second-order valence-corrected chi connectivity index (χ2v) is 9.19. The van der Waals surface area contributed by atoms with Crippen LogP contribution in [-0.2, 0) is 10.0 Å². The Labute approximate surface area is 145 Å². The maximum Gasteiger partial charge on any atom is 0.213 e. The summed E-state index contributed by atoms with van der Waals surface area (Å²) >= 11 is 0. The topological polar surface area (TPSA) is 70.0 Å². The molecule has 0 radical (unpaired) electrons. The Hall–Kier alpha value is -1.64. The van der Waals surface area contributed by atoms with Crippen LogP contribution in [0.15, 0.2) is 30.3 Å². The van der Waals surface area contributed by atoms with E-state index in [2.05, 4.69) is 23.8 Å². The molecule has 0 aliphatic heterocycles. The average molecular weight is 346 g/mol. The lowest BCUT2D eigenvalue weighted by molar-refractivity contribution is 0.334. The molecule has 1 aliphatic rings. The van der Waals surface area contributed by atoms with Crippen molar-refractivity contribution in [2.24, 2.45) is 11.8 Å². The number of nitrogens with zero attached hydrogens (tertiary/aromatic N) is 1. The van der Waals surface area contributed by atoms with E-state index in [1.807, 2.05) is 24.3 Å². The number of hydrogen-bond donors (Lipinski definition) is 1. The van der Waals surface area contributed by atoms with Gasteiger partial charge in [0.1, 0.15) is 0 Å². The molecule has 0 bridgehead atoms. The van der Waals surface area contributed by atoms with Crippen LogP contribution in [0.4, 0.5) is 0 Å². The van der Waals surface area contributed by atoms with E-state index < -0.39 is 10.0 Å². The molecule has 0 fully saturated rings. The Balaban J connectivity index is 1.93. The third-order valence-corrected chi connectivity index (χ3v) is 6.68. The zero-order valence-corrected chi connectivity index (χ0v) is 15.4. The van der Waals surface area contributed by atoms with Crippen molar-refractivity contribution in [3.63, 3.8) is 0 Å². The molecule has 1 aliphatic carbocycles. The Morgan fingerprint density at radius 1 is 1.25 bits per heavy atom. The van der Waals surface area contributed by atoms with Crippen molar-refractivity contribution in [1.82, 2.24) is 4.72 Å². The zero-order chi connectivity index (χ0) is 17.7. The molecule has 0 saturated heterocycles. The van der Waals surface area contributed by atoms with Crippen LogP contribution in [0.25, 0.3) is 5.57 Å². The summed E-state index contributed by atoms with van der Waals surface area (Å²) in [6.45, 7) is 6.01. The van der Waals surface area contributed by atoms with Gasteiger partial charge >= 0.3 is 0 Å². The molecule has 0 saturated carbocycles. The van der Waals surface area contributed by atoms with Crippen LogP contribution in [0.3, 0.4) is 0 Å². The highest BCUT2D eigenvalue weighted by atomic mass is 32.2. The molecule has 130 valence electrons. The van der Waals surface area contributed by atoms with Crippen LogP contribution in [0.1, 0.15) is 51.2 Å². The third kappa shape index (κ3) is 4.68. The number of hydrogen-bond acceptors (Lipinski definition) is 3. The van der Waals surface area contributed by atoms with Crippen LogP contribution in [-0.4, -0.2) is 20.2 Å². The molecule has 2 unspecified atom stereocenters. The summed E-state index contributed by atoms with van der Waals surface area (Å²) in [6.07, 6.45) is 5.30. The molecular formula is C19H26N2O2S. The molecule has 0 heterocycles. The average Bonchev–Trinajstić information content (AvgIpc) is 2.60. The van der Waals surface area contributed by atoms with Gasteiger partial charge in [-0.05, 0) is 68.2 Å².